The van der Waals surface area contributed by atoms with Gasteiger partial charge in [0.15, 0.2) is 0 Å². The van der Waals surface area contributed by atoms with E-state index in [2.05, 4.69) is 25.8 Å². The molecule has 0 saturated heterocycles. The first-order chi connectivity index (χ1) is 8.51. The maximum Gasteiger partial charge on any atom is 0.254 e. The van der Waals surface area contributed by atoms with Crippen molar-refractivity contribution in [3.63, 3.8) is 0 Å². The molecule has 18 heavy (non-hydrogen) atoms. The molecule has 1 amide bonds. The van der Waals surface area contributed by atoms with Crippen molar-refractivity contribution in [1.82, 2.24) is 4.90 Å². The Labute approximate surface area is 120 Å². The molecule has 0 aliphatic carbocycles. The third-order valence-corrected chi connectivity index (χ3v) is 4.15. The van der Waals surface area contributed by atoms with E-state index in [-0.39, 0.29) is 11.9 Å². The zero-order valence-electron chi connectivity index (χ0n) is 11.4. The minimum absolute atomic E-state index is 0.0873. The zero-order valence-corrected chi connectivity index (χ0v) is 13.1. The third kappa shape index (κ3) is 3.69. The lowest BCUT2D eigenvalue weighted by Crippen LogP contribution is -2.38. The van der Waals surface area contributed by atoms with Crippen LogP contribution in [0.15, 0.2) is 23.1 Å². The molecule has 4 heteroatoms. The van der Waals surface area contributed by atoms with E-state index in [0.717, 1.165) is 28.2 Å². The Bertz CT molecular complexity index is 420. The van der Waals surface area contributed by atoms with Gasteiger partial charge in [-0.1, -0.05) is 13.0 Å². The molecule has 100 valence electrons. The molecule has 2 nitrogen and oxygen atoms in total. The summed E-state index contributed by atoms with van der Waals surface area (Å²) in [5.74, 6) is 1.06. The fourth-order valence-corrected chi connectivity index (χ4v) is 2.94. The average Bonchev–Trinajstić information content (AvgIpc) is 2.37. The lowest BCUT2D eigenvalue weighted by atomic mass is 10.1. The van der Waals surface area contributed by atoms with Crippen molar-refractivity contribution in [2.24, 2.45) is 0 Å². The van der Waals surface area contributed by atoms with Gasteiger partial charge >= 0.3 is 0 Å². The summed E-state index contributed by atoms with van der Waals surface area (Å²) < 4.78 is 0. The van der Waals surface area contributed by atoms with Crippen LogP contribution in [-0.2, 0) is 0 Å². The van der Waals surface area contributed by atoms with Crippen LogP contribution in [0, 0.1) is 6.92 Å². The first-order valence-electron chi connectivity index (χ1n) is 6.07. The molecule has 0 heterocycles. The molecule has 1 aromatic rings. The Hall–Kier alpha value is -0.610. The van der Waals surface area contributed by atoms with Gasteiger partial charge in [0.05, 0.1) is 0 Å². The maximum atomic E-state index is 12.5. The normalized spacial score (nSPS) is 12.3. The van der Waals surface area contributed by atoms with Gasteiger partial charge in [0.1, 0.15) is 0 Å². The number of carbonyl (C=O) groups is 1. The van der Waals surface area contributed by atoms with E-state index in [0.29, 0.717) is 0 Å². The van der Waals surface area contributed by atoms with Crippen molar-refractivity contribution < 1.29 is 4.79 Å². The standard InChI is InChI=1S/C14H21NOS2/c1-5-11(9-18-4)15(3)14(16)13-8-12(17)7-6-10(13)2/h6-8,11,17H,5,9H2,1-4H3. The van der Waals surface area contributed by atoms with Gasteiger partial charge in [-0.25, -0.2) is 0 Å². The Kier molecular flexibility index (Phi) is 6.09. The molecule has 0 aliphatic rings. The molecule has 0 aliphatic heterocycles. The lowest BCUT2D eigenvalue weighted by molar-refractivity contribution is 0.0742. The van der Waals surface area contributed by atoms with Crippen LogP contribution in [0.25, 0.3) is 0 Å². The molecule has 0 fully saturated rings. The summed E-state index contributed by atoms with van der Waals surface area (Å²) in [6, 6.07) is 5.99. The van der Waals surface area contributed by atoms with Crippen molar-refractivity contribution in [3.05, 3.63) is 29.3 Å². The van der Waals surface area contributed by atoms with E-state index in [1.54, 1.807) is 11.8 Å². The number of carbonyl (C=O) groups excluding carboxylic acids is 1. The molecule has 1 atom stereocenters. The molecular weight excluding hydrogens is 262 g/mol. The predicted octanol–water partition coefficient (Wildman–Crippen LogP) is 3.50. The van der Waals surface area contributed by atoms with Gasteiger partial charge < -0.3 is 4.90 Å². The number of thiol groups is 1. The lowest BCUT2D eigenvalue weighted by Gasteiger charge is -2.27. The number of hydrogen-bond donors (Lipinski definition) is 1. The molecule has 0 aromatic heterocycles. The Morgan fingerprint density at radius 2 is 2.17 bits per heavy atom. The highest BCUT2D eigenvalue weighted by Gasteiger charge is 2.20. The number of rotatable bonds is 5. The average molecular weight is 283 g/mol. The molecule has 0 saturated carbocycles. The summed E-state index contributed by atoms with van der Waals surface area (Å²) in [7, 11) is 1.89. The zero-order chi connectivity index (χ0) is 13.7. The fraction of sp³-hybridized carbons (Fsp3) is 0.500. The van der Waals surface area contributed by atoms with Crippen molar-refractivity contribution in [2.45, 2.75) is 31.2 Å². The number of nitrogens with zero attached hydrogens (tertiary/aromatic N) is 1. The Morgan fingerprint density at radius 1 is 1.50 bits per heavy atom. The van der Waals surface area contributed by atoms with E-state index in [1.165, 1.54) is 0 Å². The summed E-state index contributed by atoms with van der Waals surface area (Å²) in [6.07, 6.45) is 3.04. The quantitative estimate of drug-likeness (QED) is 0.835. The maximum absolute atomic E-state index is 12.5. The molecule has 0 bridgehead atoms. The van der Waals surface area contributed by atoms with Crippen LogP contribution in [0.2, 0.25) is 0 Å². The van der Waals surface area contributed by atoms with Gasteiger partial charge in [-0.2, -0.15) is 11.8 Å². The summed E-state index contributed by atoms with van der Waals surface area (Å²) >= 11 is 6.08. The third-order valence-electron chi connectivity index (χ3n) is 3.15. The van der Waals surface area contributed by atoms with Gasteiger partial charge in [-0.3, -0.25) is 4.79 Å². The second-order valence-corrected chi connectivity index (χ2v) is 5.86. The minimum atomic E-state index is 0.0873. The summed E-state index contributed by atoms with van der Waals surface area (Å²) in [5.41, 5.74) is 1.76. The summed E-state index contributed by atoms with van der Waals surface area (Å²) in [4.78, 5) is 15.2. The topological polar surface area (TPSA) is 20.3 Å². The molecule has 1 rings (SSSR count). The van der Waals surface area contributed by atoms with Crippen LogP contribution in [-0.4, -0.2) is 35.9 Å². The smallest absolute Gasteiger partial charge is 0.254 e. The molecule has 0 radical (unpaired) electrons. The molecule has 0 spiro atoms. The Morgan fingerprint density at radius 3 is 2.72 bits per heavy atom. The van der Waals surface area contributed by atoms with Gasteiger partial charge in [-0.05, 0) is 37.3 Å². The van der Waals surface area contributed by atoms with Gasteiger partial charge in [0, 0.05) is 29.3 Å². The molecule has 1 aromatic carbocycles. The summed E-state index contributed by atoms with van der Waals surface area (Å²) in [5, 5.41) is 0. The number of benzene rings is 1. The van der Waals surface area contributed by atoms with Crippen LogP contribution in [0.5, 0.6) is 0 Å². The molecule has 0 N–H and O–H groups in total. The second-order valence-electron chi connectivity index (χ2n) is 4.43. The number of thioether (sulfide) groups is 1. The summed E-state index contributed by atoms with van der Waals surface area (Å²) in [6.45, 7) is 4.08. The van der Waals surface area contributed by atoms with Crippen molar-refractivity contribution >= 4 is 30.3 Å². The van der Waals surface area contributed by atoms with Crippen LogP contribution >= 0.6 is 24.4 Å². The van der Waals surface area contributed by atoms with E-state index in [4.69, 9.17) is 0 Å². The number of aryl methyl sites for hydroxylation is 1. The van der Waals surface area contributed by atoms with Crippen LogP contribution in [0.1, 0.15) is 29.3 Å². The minimum Gasteiger partial charge on any atom is -0.338 e. The number of amides is 1. The van der Waals surface area contributed by atoms with Crippen LogP contribution in [0.4, 0.5) is 0 Å². The highest BCUT2D eigenvalue weighted by atomic mass is 32.2. The van der Waals surface area contributed by atoms with E-state index in [1.807, 2.05) is 37.1 Å². The van der Waals surface area contributed by atoms with Gasteiger partial charge in [0.25, 0.3) is 5.91 Å². The monoisotopic (exact) mass is 283 g/mol. The van der Waals surface area contributed by atoms with Crippen molar-refractivity contribution in [3.8, 4) is 0 Å². The highest BCUT2D eigenvalue weighted by molar-refractivity contribution is 7.98. The van der Waals surface area contributed by atoms with Gasteiger partial charge in [-0.15, -0.1) is 12.6 Å². The number of hydrogen-bond acceptors (Lipinski definition) is 3. The van der Waals surface area contributed by atoms with E-state index in [9.17, 15) is 4.79 Å². The van der Waals surface area contributed by atoms with E-state index < -0.39 is 0 Å². The first kappa shape index (κ1) is 15.4. The largest absolute Gasteiger partial charge is 0.338 e. The SMILES string of the molecule is CCC(CSC)N(C)C(=O)c1cc(S)ccc1C. The molecular formula is C14H21NOS2. The second kappa shape index (κ2) is 7.10. The van der Waals surface area contributed by atoms with Crippen LogP contribution < -0.4 is 0 Å². The highest BCUT2D eigenvalue weighted by Crippen LogP contribution is 2.18. The van der Waals surface area contributed by atoms with Gasteiger partial charge in [0.2, 0.25) is 0 Å². The fourth-order valence-electron chi connectivity index (χ4n) is 1.89. The first-order valence-corrected chi connectivity index (χ1v) is 7.91. The predicted molar refractivity (Wildman–Crippen MR) is 83.0 cm³/mol. The molecule has 1 unspecified atom stereocenters. The van der Waals surface area contributed by atoms with E-state index >= 15 is 0 Å². The Balaban J connectivity index is 2.95. The van der Waals surface area contributed by atoms with Crippen molar-refractivity contribution in [1.29, 1.82) is 0 Å². The van der Waals surface area contributed by atoms with Crippen LogP contribution in [0.3, 0.4) is 0 Å². The van der Waals surface area contributed by atoms with Crippen molar-refractivity contribution in [2.75, 3.05) is 19.1 Å².